The third kappa shape index (κ3) is 3.19. The molecule has 5 aromatic rings. The van der Waals surface area contributed by atoms with Crippen molar-refractivity contribution < 1.29 is 4.79 Å². The first kappa shape index (κ1) is 22.1. The lowest BCUT2D eigenvalue weighted by atomic mass is 10.0. The highest BCUT2D eigenvalue weighted by Crippen LogP contribution is 2.39. The Balaban J connectivity index is 0.00000241. The Bertz CT molecular complexity index is 1610. The predicted molar refractivity (Wildman–Crippen MR) is 133 cm³/mol. The molecule has 0 unspecified atom stereocenters. The van der Waals surface area contributed by atoms with E-state index in [-0.39, 0.29) is 30.9 Å². The second-order valence-electron chi connectivity index (χ2n) is 7.84. The van der Waals surface area contributed by atoms with Crippen molar-refractivity contribution >= 4 is 53.2 Å². The number of benzene rings is 1. The molecule has 1 aliphatic heterocycles. The van der Waals surface area contributed by atoms with Crippen molar-refractivity contribution in [2.45, 2.75) is 19.4 Å². The Kier molecular flexibility index (Phi) is 5.37. The van der Waals surface area contributed by atoms with Crippen LogP contribution in [0.2, 0.25) is 5.02 Å². The molecule has 0 amide bonds. The van der Waals surface area contributed by atoms with Gasteiger partial charge in [0.15, 0.2) is 17.3 Å². The molecule has 4 aromatic heterocycles. The number of carbonyl (C=O) groups is 1. The molecule has 34 heavy (non-hydrogen) atoms. The van der Waals surface area contributed by atoms with Crippen LogP contribution in [-0.2, 0) is 0 Å². The number of hydrogen-bond acceptors (Lipinski definition) is 7. The summed E-state index contributed by atoms with van der Waals surface area (Å²) in [5, 5.41) is 12.6. The molecule has 0 spiro atoms. The first-order chi connectivity index (χ1) is 16.0. The Morgan fingerprint density at radius 2 is 1.97 bits per heavy atom. The molecule has 0 aliphatic carbocycles. The van der Waals surface area contributed by atoms with Crippen molar-refractivity contribution in [3.05, 3.63) is 75.8 Å². The van der Waals surface area contributed by atoms with Gasteiger partial charge >= 0.3 is 0 Å². The normalized spacial score (nSPS) is 15.4. The topological polar surface area (TPSA) is 114 Å². The third-order valence-corrected chi connectivity index (χ3v) is 6.25. The van der Waals surface area contributed by atoms with Gasteiger partial charge in [0.1, 0.15) is 23.4 Å². The van der Waals surface area contributed by atoms with Crippen LogP contribution >= 0.6 is 25.1 Å². The molecule has 172 valence electrons. The SMILES string of the molecule is CC(=O)c1[nH]nc2ncnc(N3CC[C@H]3c3nn4ccc(Cl)c4c(=O)n3-c3ccccc3)c12.S. The number of H-pyrrole nitrogens is 1. The van der Waals surface area contributed by atoms with Crippen molar-refractivity contribution in [2.24, 2.45) is 0 Å². The van der Waals surface area contributed by atoms with Crippen molar-refractivity contribution in [3.63, 3.8) is 0 Å². The van der Waals surface area contributed by atoms with Gasteiger partial charge in [-0.25, -0.2) is 14.5 Å². The number of nitrogens with one attached hydrogen (secondary N) is 1. The largest absolute Gasteiger partial charge is 0.345 e. The smallest absolute Gasteiger partial charge is 0.284 e. The van der Waals surface area contributed by atoms with Crippen molar-refractivity contribution in [1.82, 2.24) is 34.3 Å². The second kappa shape index (κ2) is 8.26. The maximum absolute atomic E-state index is 13.5. The van der Waals surface area contributed by atoms with Crippen molar-refractivity contribution in [2.75, 3.05) is 11.4 Å². The van der Waals surface area contributed by atoms with Crippen LogP contribution in [0.1, 0.15) is 35.7 Å². The number of aromatic amines is 1. The number of halogens is 1. The molecule has 1 atom stereocenters. The number of hydrogen-bond donors (Lipinski definition) is 1. The van der Waals surface area contributed by atoms with Gasteiger partial charge in [-0.2, -0.15) is 23.7 Å². The van der Waals surface area contributed by atoms with Crippen LogP contribution in [0.5, 0.6) is 0 Å². The predicted octanol–water partition coefficient (Wildman–Crippen LogP) is 3.07. The number of Topliss-reactive ketones (excluding diaryl/α,β-unsaturated/α-hetero) is 1. The highest BCUT2D eigenvalue weighted by atomic mass is 35.5. The fourth-order valence-electron chi connectivity index (χ4n) is 4.31. The summed E-state index contributed by atoms with van der Waals surface area (Å²) in [4.78, 5) is 36.4. The van der Waals surface area contributed by atoms with Crippen LogP contribution in [-0.4, -0.2) is 46.7 Å². The molecule has 1 fully saturated rings. The minimum Gasteiger partial charge on any atom is -0.345 e. The lowest BCUT2D eigenvalue weighted by Crippen LogP contribution is -2.45. The quantitative estimate of drug-likeness (QED) is 0.382. The number of aromatic nitrogens is 7. The van der Waals surface area contributed by atoms with Crippen LogP contribution in [0.4, 0.5) is 5.82 Å². The summed E-state index contributed by atoms with van der Waals surface area (Å²) in [6, 6.07) is 10.7. The average Bonchev–Trinajstić information content (AvgIpc) is 3.38. The minimum absolute atomic E-state index is 0. The molecule has 10 nitrogen and oxygen atoms in total. The van der Waals surface area contributed by atoms with Crippen LogP contribution < -0.4 is 10.5 Å². The molecule has 12 heteroatoms. The molecule has 0 bridgehead atoms. The van der Waals surface area contributed by atoms with E-state index in [1.807, 2.05) is 35.2 Å². The monoisotopic (exact) mass is 494 g/mol. The standard InChI is InChI=1S/C22H17ClN8O2.H2S/c1-12(32)17-16-19(27-26-17)24-11-25-21(16)29-9-8-15(29)20-28-30-10-7-14(23)18(30)22(33)31(20)13-5-3-2-4-6-13;/h2-7,10-11,15H,8-9H2,1H3,(H,24,25,26,27);1H2/t15-;/m0./s1. The molecule has 1 aromatic carbocycles. The van der Waals surface area contributed by atoms with E-state index in [0.29, 0.717) is 51.1 Å². The van der Waals surface area contributed by atoms with Crippen molar-refractivity contribution in [1.29, 1.82) is 0 Å². The number of ketones is 1. The van der Waals surface area contributed by atoms with Gasteiger partial charge < -0.3 is 4.90 Å². The highest BCUT2D eigenvalue weighted by Gasteiger charge is 2.37. The summed E-state index contributed by atoms with van der Waals surface area (Å²) in [6.45, 7) is 2.14. The van der Waals surface area contributed by atoms with Gasteiger partial charge in [-0.3, -0.25) is 19.3 Å². The van der Waals surface area contributed by atoms with E-state index in [0.717, 1.165) is 6.42 Å². The number of carbonyl (C=O) groups excluding carboxylic acids is 1. The van der Waals surface area contributed by atoms with Crippen LogP contribution in [0.15, 0.2) is 53.7 Å². The van der Waals surface area contributed by atoms with Gasteiger partial charge in [0.05, 0.1) is 22.1 Å². The summed E-state index contributed by atoms with van der Waals surface area (Å²) >= 11 is 6.30. The van der Waals surface area contributed by atoms with Gasteiger partial charge in [0, 0.05) is 19.7 Å². The molecule has 1 N–H and O–H groups in total. The summed E-state index contributed by atoms with van der Waals surface area (Å²) in [6.07, 6.45) is 3.84. The Morgan fingerprint density at radius 3 is 2.68 bits per heavy atom. The van der Waals surface area contributed by atoms with Gasteiger partial charge in [0.2, 0.25) is 0 Å². The lowest BCUT2D eigenvalue weighted by molar-refractivity contribution is 0.101. The molecule has 0 saturated carbocycles. The average molecular weight is 495 g/mol. The molecule has 1 aliphatic rings. The fourth-order valence-corrected chi connectivity index (χ4v) is 4.54. The van der Waals surface area contributed by atoms with E-state index in [1.54, 1.807) is 16.8 Å². The van der Waals surface area contributed by atoms with E-state index in [4.69, 9.17) is 16.7 Å². The first-order valence-corrected chi connectivity index (χ1v) is 10.7. The van der Waals surface area contributed by atoms with Gasteiger partial charge in [-0.05, 0) is 24.6 Å². The highest BCUT2D eigenvalue weighted by molar-refractivity contribution is 7.59. The van der Waals surface area contributed by atoms with E-state index >= 15 is 0 Å². The molecule has 1 saturated heterocycles. The van der Waals surface area contributed by atoms with E-state index < -0.39 is 0 Å². The lowest BCUT2D eigenvalue weighted by Gasteiger charge is -2.42. The van der Waals surface area contributed by atoms with E-state index in [9.17, 15) is 9.59 Å². The van der Waals surface area contributed by atoms with Gasteiger partial charge in [0.25, 0.3) is 5.56 Å². The number of anilines is 1. The molecule has 5 heterocycles. The summed E-state index contributed by atoms with van der Waals surface area (Å²) in [5.41, 5.74) is 1.52. The first-order valence-electron chi connectivity index (χ1n) is 10.4. The number of fused-ring (bicyclic) bond motifs is 2. The van der Waals surface area contributed by atoms with Gasteiger partial charge in [-0.15, -0.1) is 0 Å². The zero-order valence-electron chi connectivity index (χ0n) is 17.9. The molecular formula is C22H19ClN8O2S. The maximum Gasteiger partial charge on any atom is 0.284 e. The minimum atomic E-state index is -0.256. The number of rotatable bonds is 4. The second-order valence-corrected chi connectivity index (χ2v) is 8.25. The van der Waals surface area contributed by atoms with Crippen LogP contribution in [0, 0.1) is 0 Å². The van der Waals surface area contributed by atoms with E-state index in [1.165, 1.54) is 17.8 Å². The summed E-state index contributed by atoms with van der Waals surface area (Å²) in [7, 11) is 0. The van der Waals surface area contributed by atoms with Gasteiger partial charge in [-0.1, -0.05) is 29.8 Å². The van der Waals surface area contributed by atoms with Crippen molar-refractivity contribution in [3.8, 4) is 5.69 Å². The van der Waals surface area contributed by atoms with E-state index in [2.05, 4.69) is 20.2 Å². The molecule has 0 radical (unpaired) electrons. The fraction of sp³-hybridized carbons (Fsp3) is 0.182. The molecule has 6 rings (SSSR count). The zero-order valence-corrected chi connectivity index (χ0v) is 19.7. The Morgan fingerprint density at radius 1 is 1.18 bits per heavy atom. The summed E-state index contributed by atoms with van der Waals surface area (Å²) in [5.74, 6) is 0.972. The zero-order chi connectivity index (χ0) is 22.7. The Labute approximate surface area is 204 Å². The van der Waals surface area contributed by atoms with Crippen LogP contribution in [0.3, 0.4) is 0 Å². The summed E-state index contributed by atoms with van der Waals surface area (Å²) < 4.78 is 3.11. The number of para-hydroxylation sites is 1. The molecular weight excluding hydrogens is 476 g/mol. The van der Waals surface area contributed by atoms with Crippen LogP contribution in [0.25, 0.3) is 22.2 Å². The Hall–Kier alpha value is -3.70. The number of nitrogens with zero attached hydrogens (tertiary/aromatic N) is 7. The third-order valence-electron chi connectivity index (χ3n) is 5.95. The maximum atomic E-state index is 13.5.